The molecule has 2 heterocycles. The van der Waals surface area contributed by atoms with E-state index in [0.29, 0.717) is 36.4 Å². The summed E-state index contributed by atoms with van der Waals surface area (Å²) in [6.45, 7) is 7.41. The molecule has 1 aliphatic rings. The monoisotopic (exact) mass is 440 g/mol. The minimum Gasteiger partial charge on any atom is -0.484 e. The van der Waals surface area contributed by atoms with Gasteiger partial charge in [0.25, 0.3) is 5.91 Å². The van der Waals surface area contributed by atoms with Crippen molar-refractivity contribution in [2.75, 3.05) is 32.8 Å². The molecule has 0 aliphatic carbocycles. The molecule has 8 heteroatoms. The summed E-state index contributed by atoms with van der Waals surface area (Å²) in [5, 5.41) is 4.72. The van der Waals surface area contributed by atoms with Gasteiger partial charge in [-0.1, -0.05) is 34.5 Å². The lowest BCUT2D eigenvalue weighted by molar-refractivity contribution is -0.135. The first-order chi connectivity index (χ1) is 15.0. The van der Waals surface area contributed by atoms with Crippen molar-refractivity contribution in [3.8, 4) is 17.1 Å². The van der Waals surface area contributed by atoms with Gasteiger partial charge in [-0.05, 0) is 49.7 Å². The maximum absolute atomic E-state index is 12.5. The van der Waals surface area contributed by atoms with Gasteiger partial charge in [-0.2, -0.15) is 4.98 Å². The van der Waals surface area contributed by atoms with Crippen LogP contribution in [0.25, 0.3) is 11.4 Å². The SMILES string of the molecule is Cc1ccc(OCC(=O)N2CCN(Cc3nc(-c4ccc(Cl)cc4)no3)CC2)c(C)c1. The van der Waals surface area contributed by atoms with Gasteiger partial charge < -0.3 is 14.2 Å². The van der Waals surface area contributed by atoms with Crippen LogP contribution in [-0.2, 0) is 11.3 Å². The van der Waals surface area contributed by atoms with Gasteiger partial charge in [0.05, 0.1) is 6.54 Å². The van der Waals surface area contributed by atoms with Gasteiger partial charge in [0.2, 0.25) is 11.7 Å². The Labute approximate surface area is 186 Å². The van der Waals surface area contributed by atoms with Crippen molar-refractivity contribution in [2.24, 2.45) is 0 Å². The van der Waals surface area contributed by atoms with Crippen molar-refractivity contribution in [3.05, 3.63) is 64.5 Å². The third-order valence-corrected chi connectivity index (χ3v) is 5.59. The third-order valence-electron chi connectivity index (χ3n) is 5.34. The zero-order chi connectivity index (χ0) is 21.8. The topological polar surface area (TPSA) is 71.7 Å². The molecule has 0 N–H and O–H groups in total. The van der Waals surface area contributed by atoms with Gasteiger partial charge in [0.1, 0.15) is 5.75 Å². The van der Waals surface area contributed by atoms with Crippen molar-refractivity contribution in [1.82, 2.24) is 19.9 Å². The summed E-state index contributed by atoms with van der Waals surface area (Å²) in [4.78, 5) is 21.0. The van der Waals surface area contributed by atoms with Gasteiger partial charge >= 0.3 is 0 Å². The molecule has 1 saturated heterocycles. The minimum atomic E-state index is 0.00226. The van der Waals surface area contributed by atoms with Crippen molar-refractivity contribution in [1.29, 1.82) is 0 Å². The van der Waals surface area contributed by atoms with Crippen molar-refractivity contribution < 1.29 is 14.1 Å². The largest absolute Gasteiger partial charge is 0.484 e. The van der Waals surface area contributed by atoms with E-state index < -0.39 is 0 Å². The molecule has 0 unspecified atom stereocenters. The van der Waals surface area contributed by atoms with E-state index >= 15 is 0 Å². The van der Waals surface area contributed by atoms with E-state index in [2.05, 4.69) is 21.1 Å². The predicted molar refractivity (Wildman–Crippen MR) is 118 cm³/mol. The highest BCUT2D eigenvalue weighted by molar-refractivity contribution is 6.30. The Morgan fingerprint density at radius 1 is 1.10 bits per heavy atom. The zero-order valence-corrected chi connectivity index (χ0v) is 18.4. The highest BCUT2D eigenvalue weighted by Crippen LogP contribution is 2.20. The smallest absolute Gasteiger partial charge is 0.260 e. The second kappa shape index (κ2) is 9.49. The molecule has 4 rings (SSSR count). The number of benzene rings is 2. The first-order valence-electron chi connectivity index (χ1n) is 10.3. The highest BCUT2D eigenvalue weighted by atomic mass is 35.5. The number of rotatable bonds is 6. The molecule has 1 amide bonds. The van der Waals surface area contributed by atoms with Crippen LogP contribution in [0.2, 0.25) is 5.02 Å². The van der Waals surface area contributed by atoms with E-state index in [0.717, 1.165) is 30.0 Å². The van der Waals surface area contributed by atoms with E-state index in [1.54, 1.807) is 12.1 Å². The molecule has 0 atom stereocenters. The molecule has 0 radical (unpaired) electrons. The number of ether oxygens (including phenoxy) is 1. The zero-order valence-electron chi connectivity index (χ0n) is 17.7. The first-order valence-corrected chi connectivity index (χ1v) is 10.6. The Morgan fingerprint density at radius 3 is 2.55 bits per heavy atom. The number of amides is 1. The van der Waals surface area contributed by atoms with Crippen LogP contribution in [0.3, 0.4) is 0 Å². The van der Waals surface area contributed by atoms with Gasteiger partial charge in [-0.15, -0.1) is 0 Å². The molecule has 3 aromatic rings. The molecule has 31 heavy (non-hydrogen) atoms. The lowest BCUT2D eigenvalue weighted by Gasteiger charge is -2.33. The summed E-state index contributed by atoms with van der Waals surface area (Å²) in [5.41, 5.74) is 3.07. The summed E-state index contributed by atoms with van der Waals surface area (Å²) in [6, 6.07) is 13.3. The number of nitrogens with zero attached hydrogens (tertiary/aromatic N) is 4. The number of halogens is 1. The van der Waals surface area contributed by atoms with Crippen LogP contribution < -0.4 is 4.74 Å². The summed E-state index contributed by atoms with van der Waals surface area (Å²) in [5.74, 6) is 1.86. The summed E-state index contributed by atoms with van der Waals surface area (Å²) in [6.07, 6.45) is 0. The van der Waals surface area contributed by atoms with Crippen LogP contribution in [0.15, 0.2) is 47.0 Å². The van der Waals surface area contributed by atoms with Crippen LogP contribution in [0.4, 0.5) is 0 Å². The van der Waals surface area contributed by atoms with Gasteiger partial charge in [0.15, 0.2) is 6.61 Å². The number of aromatic nitrogens is 2. The summed E-state index contributed by atoms with van der Waals surface area (Å²) in [7, 11) is 0. The maximum Gasteiger partial charge on any atom is 0.260 e. The number of carbonyl (C=O) groups is 1. The Morgan fingerprint density at radius 2 is 1.84 bits per heavy atom. The Balaban J connectivity index is 1.25. The number of carbonyl (C=O) groups excluding carboxylic acids is 1. The van der Waals surface area contributed by atoms with Crippen molar-refractivity contribution in [3.63, 3.8) is 0 Å². The lowest BCUT2D eigenvalue weighted by atomic mass is 10.1. The molecule has 0 bridgehead atoms. The Kier molecular flexibility index (Phi) is 6.53. The number of hydrogen-bond acceptors (Lipinski definition) is 6. The van der Waals surface area contributed by atoms with E-state index in [1.807, 2.05) is 43.0 Å². The van der Waals surface area contributed by atoms with Crippen LogP contribution in [-0.4, -0.2) is 58.6 Å². The van der Waals surface area contributed by atoms with Crippen LogP contribution in [0.1, 0.15) is 17.0 Å². The van der Waals surface area contributed by atoms with Crippen LogP contribution in [0.5, 0.6) is 5.75 Å². The second-order valence-electron chi connectivity index (χ2n) is 7.73. The summed E-state index contributed by atoms with van der Waals surface area (Å²) < 4.78 is 11.1. The fourth-order valence-corrected chi connectivity index (χ4v) is 3.70. The standard InChI is InChI=1S/C23H25ClN4O3/c1-16-3-8-20(17(2)13-16)30-15-22(29)28-11-9-27(10-12-28)14-21-25-23(26-31-21)18-4-6-19(24)7-5-18/h3-8,13H,9-12,14-15H2,1-2H3. The Hall–Kier alpha value is -2.90. The Bertz CT molecular complexity index is 1040. The number of piperazine rings is 1. The minimum absolute atomic E-state index is 0.00226. The molecule has 162 valence electrons. The van der Waals surface area contributed by atoms with E-state index in [4.69, 9.17) is 20.9 Å². The fraction of sp³-hybridized carbons (Fsp3) is 0.348. The van der Waals surface area contributed by atoms with E-state index in [-0.39, 0.29) is 12.5 Å². The van der Waals surface area contributed by atoms with Crippen molar-refractivity contribution in [2.45, 2.75) is 20.4 Å². The molecule has 0 saturated carbocycles. The molecule has 7 nitrogen and oxygen atoms in total. The van der Waals surface area contributed by atoms with E-state index in [1.165, 1.54) is 5.56 Å². The molecule has 1 fully saturated rings. The quantitative estimate of drug-likeness (QED) is 0.581. The summed E-state index contributed by atoms with van der Waals surface area (Å²) >= 11 is 5.92. The van der Waals surface area contributed by atoms with Crippen LogP contribution >= 0.6 is 11.6 Å². The van der Waals surface area contributed by atoms with Crippen LogP contribution in [0, 0.1) is 13.8 Å². The fourth-order valence-electron chi connectivity index (χ4n) is 3.57. The average molecular weight is 441 g/mol. The molecule has 0 spiro atoms. The molecular weight excluding hydrogens is 416 g/mol. The average Bonchev–Trinajstić information content (AvgIpc) is 3.22. The van der Waals surface area contributed by atoms with E-state index in [9.17, 15) is 4.79 Å². The number of hydrogen-bond donors (Lipinski definition) is 0. The maximum atomic E-state index is 12.5. The molecular formula is C23H25ClN4O3. The third kappa shape index (κ3) is 5.42. The lowest BCUT2D eigenvalue weighted by Crippen LogP contribution is -2.49. The molecule has 2 aromatic carbocycles. The first kappa shape index (κ1) is 21.3. The van der Waals surface area contributed by atoms with Gasteiger partial charge in [0, 0.05) is 36.8 Å². The molecule has 1 aliphatic heterocycles. The highest BCUT2D eigenvalue weighted by Gasteiger charge is 2.23. The van der Waals surface area contributed by atoms with Crippen molar-refractivity contribution >= 4 is 17.5 Å². The van der Waals surface area contributed by atoms with Gasteiger partial charge in [-0.3, -0.25) is 9.69 Å². The van der Waals surface area contributed by atoms with Gasteiger partial charge in [-0.25, -0.2) is 0 Å². The predicted octanol–water partition coefficient (Wildman–Crippen LogP) is 3.73. The second-order valence-corrected chi connectivity index (χ2v) is 8.17. The number of aryl methyl sites for hydroxylation is 2. The normalized spacial score (nSPS) is 14.6. The molecule has 1 aromatic heterocycles.